The van der Waals surface area contributed by atoms with E-state index in [1.54, 1.807) is 32.0 Å². The third-order valence-corrected chi connectivity index (χ3v) is 4.53. The Kier molecular flexibility index (Phi) is 5.19. The van der Waals surface area contributed by atoms with E-state index in [-0.39, 0.29) is 18.3 Å². The van der Waals surface area contributed by atoms with Crippen LogP contribution in [0.1, 0.15) is 52.7 Å². The second kappa shape index (κ2) is 7.30. The van der Waals surface area contributed by atoms with Crippen LogP contribution < -0.4 is 10.4 Å². The van der Waals surface area contributed by atoms with Crippen molar-refractivity contribution in [3.63, 3.8) is 0 Å². The van der Waals surface area contributed by atoms with Crippen molar-refractivity contribution < 1.29 is 28.2 Å². The van der Waals surface area contributed by atoms with Crippen LogP contribution in [0.4, 0.5) is 0 Å². The maximum Gasteiger partial charge on any atom is 0.336 e. The maximum atomic E-state index is 12.2. The lowest BCUT2D eigenvalue weighted by atomic mass is 9.93. The van der Waals surface area contributed by atoms with E-state index in [2.05, 4.69) is 0 Å². The van der Waals surface area contributed by atoms with Crippen LogP contribution >= 0.6 is 0 Å². The first kappa shape index (κ1) is 19.9. The van der Waals surface area contributed by atoms with Gasteiger partial charge in [-0.05, 0) is 38.0 Å². The van der Waals surface area contributed by atoms with Gasteiger partial charge in [0.2, 0.25) is 0 Å². The van der Waals surface area contributed by atoms with Gasteiger partial charge in [0.05, 0.1) is 5.56 Å². The monoisotopic (exact) mass is 388 g/mol. The highest BCUT2D eigenvalue weighted by Crippen LogP contribution is 2.47. The molecule has 2 aromatic rings. The molecule has 7 nitrogen and oxygen atoms in total. The summed E-state index contributed by atoms with van der Waals surface area (Å²) in [6.07, 6.45) is -1.42. The van der Waals surface area contributed by atoms with Crippen molar-refractivity contribution in [1.82, 2.24) is 0 Å². The molecule has 1 aromatic heterocycles. The van der Waals surface area contributed by atoms with Gasteiger partial charge >= 0.3 is 17.6 Å². The Bertz CT molecular complexity index is 970. The summed E-state index contributed by atoms with van der Waals surface area (Å²) in [6.45, 7) is 8.54. The highest BCUT2D eigenvalue weighted by Gasteiger charge is 2.50. The quantitative estimate of drug-likeness (QED) is 0.571. The second-order valence-corrected chi connectivity index (χ2v) is 7.89. The van der Waals surface area contributed by atoms with Gasteiger partial charge in [-0.25, -0.2) is 4.79 Å². The van der Waals surface area contributed by atoms with Crippen molar-refractivity contribution in [2.24, 2.45) is 5.92 Å². The zero-order valence-electron chi connectivity index (χ0n) is 16.6. The first-order valence-electron chi connectivity index (χ1n) is 9.21. The average molecular weight is 388 g/mol. The molecule has 0 amide bonds. The number of ether oxygens (including phenoxy) is 3. The molecule has 2 atom stereocenters. The van der Waals surface area contributed by atoms with Crippen molar-refractivity contribution in [3.05, 3.63) is 40.2 Å². The van der Waals surface area contributed by atoms with Gasteiger partial charge in [-0.2, -0.15) is 0 Å². The topological polar surface area (TPSA) is 92.0 Å². The summed E-state index contributed by atoms with van der Waals surface area (Å²) in [4.78, 5) is 35.8. The number of benzene rings is 1. The van der Waals surface area contributed by atoms with E-state index in [1.807, 2.05) is 13.8 Å². The summed E-state index contributed by atoms with van der Waals surface area (Å²) in [7, 11) is 0. The van der Waals surface area contributed by atoms with Crippen molar-refractivity contribution in [2.45, 2.75) is 58.8 Å². The van der Waals surface area contributed by atoms with E-state index in [0.29, 0.717) is 22.3 Å². The molecule has 28 heavy (non-hydrogen) atoms. The van der Waals surface area contributed by atoms with Gasteiger partial charge in [0.25, 0.3) is 0 Å². The third-order valence-electron chi connectivity index (χ3n) is 4.53. The van der Waals surface area contributed by atoms with E-state index < -0.39 is 29.4 Å². The number of hydrogen-bond donors (Lipinski definition) is 0. The molecule has 1 aliphatic rings. The van der Waals surface area contributed by atoms with Gasteiger partial charge < -0.3 is 18.6 Å². The van der Waals surface area contributed by atoms with Crippen LogP contribution in [0.25, 0.3) is 11.0 Å². The molecule has 3 rings (SSSR count). The molecular weight excluding hydrogens is 364 g/mol. The number of esters is 2. The summed E-state index contributed by atoms with van der Waals surface area (Å²) in [5, 5.41) is 0.675. The lowest BCUT2D eigenvalue weighted by molar-refractivity contribution is -0.177. The van der Waals surface area contributed by atoms with Crippen LogP contribution in [0.15, 0.2) is 33.5 Å². The standard InChI is InChI=1S/C21H24O7/c1-11(2)10-16(24)28-21(4,5)20-19(25-12(3)22)17-14(26-20)8-6-13-7-9-15(23)27-18(13)17/h6-9,11,19-20H,10H2,1-5H3. The van der Waals surface area contributed by atoms with Gasteiger partial charge in [0.1, 0.15) is 16.9 Å². The third kappa shape index (κ3) is 3.88. The van der Waals surface area contributed by atoms with E-state index in [0.717, 1.165) is 0 Å². The van der Waals surface area contributed by atoms with E-state index in [1.165, 1.54) is 13.0 Å². The summed E-state index contributed by atoms with van der Waals surface area (Å²) < 4.78 is 22.6. The largest absolute Gasteiger partial charge is 0.481 e. The summed E-state index contributed by atoms with van der Waals surface area (Å²) in [5.41, 5.74) is -0.855. The van der Waals surface area contributed by atoms with Gasteiger partial charge in [0.15, 0.2) is 12.2 Å². The smallest absolute Gasteiger partial charge is 0.336 e. The van der Waals surface area contributed by atoms with Crippen LogP contribution in [-0.4, -0.2) is 23.6 Å². The van der Waals surface area contributed by atoms with Crippen LogP contribution in [0.3, 0.4) is 0 Å². The Hall–Kier alpha value is -2.83. The van der Waals surface area contributed by atoms with Crippen LogP contribution in [0, 0.1) is 5.92 Å². The number of fused-ring (bicyclic) bond motifs is 3. The Balaban J connectivity index is 2.04. The number of carbonyl (C=O) groups excluding carboxylic acids is 2. The Morgan fingerprint density at radius 2 is 1.86 bits per heavy atom. The average Bonchev–Trinajstić information content (AvgIpc) is 2.92. The van der Waals surface area contributed by atoms with Crippen molar-refractivity contribution in [1.29, 1.82) is 0 Å². The van der Waals surface area contributed by atoms with Crippen molar-refractivity contribution in [2.75, 3.05) is 0 Å². The molecule has 1 aromatic carbocycles. The molecule has 150 valence electrons. The molecule has 0 saturated heterocycles. The van der Waals surface area contributed by atoms with Crippen molar-refractivity contribution >= 4 is 22.9 Å². The molecular formula is C21H24O7. The number of hydrogen-bond acceptors (Lipinski definition) is 7. The summed E-state index contributed by atoms with van der Waals surface area (Å²) in [6, 6.07) is 6.43. The number of carbonyl (C=O) groups is 2. The lowest BCUT2D eigenvalue weighted by Gasteiger charge is -2.33. The minimum Gasteiger partial charge on any atom is -0.481 e. The molecule has 0 spiro atoms. The molecule has 0 N–H and O–H groups in total. The zero-order valence-corrected chi connectivity index (χ0v) is 16.6. The van der Waals surface area contributed by atoms with Crippen LogP contribution in [0.5, 0.6) is 5.75 Å². The van der Waals surface area contributed by atoms with E-state index >= 15 is 0 Å². The Morgan fingerprint density at radius 3 is 2.50 bits per heavy atom. The molecule has 7 heteroatoms. The van der Waals surface area contributed by atoms with Gasteiger partial charge in [0, 0.05) is 24.8 Å². The molecule has 1 aliphatic heterocycles. The van der Waals surface area contributed by atoms with Gasteiger partial charge in [-0.3, -0.25) is 9.59 Å². The maximum absolute atomic E-state index is 12.2. The number of rotatable bonds is 5. The summed E-state index contributed by atoms with van der Waals surface area (Å²) >= 11 is 0. The lowest BCUT2D eigenvalue weighted by Crippen LogP contribution is -2.46. The predicted octanol–water partition coefficient (Wildman–Crippen LogP) is 3.53. The fourth-order valence-electron chi connectivity index (χ4n) is 3.39. The van der Waals surface area contributed by atoms with Crippen LogP contribution in [-0.2, 0) is 19.1 Å². The van der Waals surface area contributed by atoms with E-state index in [4.69, 9.17) is 18.6 Å². The normalized spacial score (nSPS) is 18.6. The highest BCUT2D eigenvalue weighted by molar-refractivity contribution is 5.84. The minimum atomic E-state index is -1.09. The molecule has 0 fully saturated rings. The fourth-order valence-corrected chi connectivity index (χ4v) is 3.39. The Morgan fingerprint density at radius 1 is 1.18 bits per heavy atom. The first-order valence-corrected chi connectivity index (χ1v) is 9.21. The summed E-state index contributed by atoms with van der Waals surface area (Å²) in [5.74, 6) is -0.317. The second-order valence-electron chi connectivity index (χ2n) is 7.89. The Labute approximate surface area is 162 Å². The van der Waals surface area contributed by atoms with E-state index in [9.17, 15) is 14.4 Å². The SMILES string of the molecule is CC(=O)OC1c2c(ccc3ccc(=O)oc23)OC1C(C)(C)OC(=O)CC(C)C. The highest BCUT2D eigenvalue weighted by atomic mass is 16.6. The molecule has 2 unspecified atom stereocenters. The predicted molar refractivity (Wildman–Crippen MR) is 101 cm³/mol. The van der Waals surface area contributed by atoms with Gasteiger partial charge in [-0.15, -0.1) is 0 Å². The van der Waals surface area contributed by atoms with Crippen molar-refractivity contribution in [3.8, 4) is 5.75 Å². The zero-order chi connectivity index (χ0) is 20.6. The molecule has 0 bridgehead atoms. The molecule has 0 radical (unpaired) electrons. The molecule has 2 heterocycles. The molecule has 0 aliphatic carbocycles. The molecule has 0 saturated carbocycles. The van der Waals surface area contributed by atoms with Gasteiger partial charge in [-0.1, -0.05) is 13.8 Å². The fraction of sp³-hybridized carbons (Fsp3) is 0.476. The van der Waals surface area contributed by atoms with Crippen LogP contribution in [0.2, 0.25) is 0 Å². The first-order chi connectivity index (χ1) is 13.1. The minimum absolute atomic E-state index is 0.146.